The SMILES string of the molecule is CC(C)NC(=O)N1CCN(c2ccc(Nc3cc(NCc4cccc([N+](=O)[O-])c4)c(C(N)=O)cn3)cc2)CC1. The molecule has 0 atom stereocenters. The number of urea groups is 1. The first-order chi connectivity index (χ1) is 18.7. The van der Waals surface area contributed by atoms with E-state index in [-0.39, 0.29) is 29.9 Å². The third-order valence-corrected chi connectivity index (χ3v) is 6.26. The number of nitro benzene ring substituents is 1. The maximum atomic E-state index is 12.2. The van der Waals surface area contributed by atoms with Crippen molar-refractivity contribution in [1.29, 1.82) is 0 Å². The van der Waals surface area contributed by atoms with Gasteiger partial charge in [0.2, 0.25) is 0 Å². The maximum Gasteiger partial charge on any atom is 0.317 e. The number of anilines is 4. The number of nitrogens with one attached hydrogen (secondary N) is 3. The highest BCUT2D eigenvalue weighted by Crippen LogP contribution is 2.25. The van der Waals surface area contributed by atoms with Gasteiger partial charge >= 0.3 is 6.03 Å². The van der Waals surface area contributed by atoms with E-state index >= 15 is 0 Å². The summed E-state index contributed by atoms with van der Waals surface area (Å²) < 4.78 is 0. The Morgan fingerprint density at radius 3 is 2.44 bits per heavy atom. The van der Waals surface area contributed by atoms with Gasteiger partial charge in [-0.3, -0.25) is 14.9 Å². The number of pyridine rings is 1. The summed E-state index contributed by atoms with van der Waals surface area (Å²) >= 11 is 0. The van der Waals surface area contributed by atoms with Crippen molar-refractivity contribution < 1.29 is 14.5 Å². The van der Waals surface area contributed by atoms with Crippen molar-refractivity contribution in [1.82, 2.24) is 15.2 Å². The minimum Gasteiger partial charge on any atom is -0.380 e. The van der Waals surface area contributed by atoms with Crippen LogP contribution in [0.4, 0.5) is 33.4 Å². The predicted molar refractivity (Wildman–Crippen MR) is 150 cm³/mol. The summed E-state index contributed by atoms with van der Waals surface area (Å²) in [5.41, 5.74) is 8.73. The number of amides is 3. The van der Waals surface area contributed by atoms with E-state index in [1.54, 1.807) is 18.2 Å². The molecule has 0 bridgehead atoms. The molecule has 0 unspecified atom stereocenters. The highest BCUT2D eigenvalue weighted by atomic mass is 16.6. The predicted octanol–water partition coefficient (Wildman–Crippen LogP) is 3.68. The van der Waals surface area contributed by atoms with Crippen LogP contribution in [0, 0.1) is 10.1 Å². The fourth-order valence-corrected chi connectivity index (χ4v) is 4.25. The largest absolute Gasteiger partial charge is 0.380 e. The molecule has 204 valence electrons. The van der Waals surface area contributed by atoms with Gasteiger partial charge in [-0.15, -0.1) is 0 Å². The standard InChI is InChI=1S/C27H32N8O4/c1-18(2)31-27(37)34-12-10-33(11-13-34)21-8-6-20(7-9-21)32-25-15-24(23(17-30-25)26(28)36)29-16-19-4-3-5-22(14-19)35(38)39/h3-9,14-15,17-18H,10-13,16H2,1-2H3,(H2,28,36)(H,31,37)(H2,29,30,32). The molecule has 12 nitrogen and oxygen atoms in total. The summed E-state index contributed by atoms with van der Waals surface area (Å²) in [5, 5.41) is 20.4. The molecule has 1 aliphatic heterocycles. The van der Waals surface area contributed by atoms with Gasteiger partial charge in [0, 0.05) is 74.5 Å². The number of nitro groups is 1. The minimum absolute atomic E-state index is 0.0107. The van der Waals surface area contributed by atoms with Crippen LogP contribution in [0.1, 0.15) is 29.8 Å². The minimum atomic E-state index is -0.637. The molecule has 0 saturated carbocycles. The Morgan fingerprint density at radius 2 is 1.79 bits per heavy atom. The highest BCUT2D eigenvalue weighted by Gasteiger charge is 2.21. The quantitative estimate of drug-likeness (QED) is 0.240. The summed E-state index contributed by atoms with van der Waals surface area (Å²) in [6.45, 7) is 6.95. The Morgan fingerprint density at radius 1 is 1.08 bits per heavy atom. The van der Waals surface area contributed by atoms with Gasteiger partial charge in [-0.05, 0) is 43.7 Å². The molecule has 12 heteroatoms. The van der Waals surface area contributed by atoms with E-state index in [4.69, 9.17) is 5.73 Å². The van der Waals surface area contributed by atoms with Crippen molar-refractivity contribution in [3.8, 4) is 0 Å². The van der Waals surface area contributed by atoms with Crippen LogP contribution in [0.25, 0.3) is 0 Å². The molecule has 0 aliphatic carbocycles. The lowest BCUT2D eigenvalue weighted by atomic mass is 10.1. The van der Waals surface area contributed by atoms with Crippen LogP contribution in [0.5, 0.6) is 0 Å². The molecule has 4 rings (SSSR count). The van der Waals surface area contributed by atoms with Crippen LogP contribution in [-0.2, 0) is 6.54 Å². The van der Waals surface area contributed by atoms with Crippen molar-refractivity contribution in [2.45, 2.75) is 26.4 Å². The molecular formula is C27H32N8O4. The number of carbonyl (C=O) groups is 2. The highest BCUT2D eigenvalue weighted by molar-refractivity contribution is 5.98. The molecule has 1 saturated heterocycles. The van der Waals surface area contributed by atoms with Gasteiger partial charge in [-0.1, -0.05) is 12.1 Å². The summed E-state index contributed by atoms with van der Waals surface area (Å²) in [7, 11) is 0. The van der Waals surface area contributed by atoms with Crippen molar-refractivity contribution in [2.75, 3.05) is 41.7 Å². The Hall–Kier alpha value is -4.87. The molecule has 3 aromatic rings. The lowest BCUT2D eigenvalue weighted by molar-refractivity contribution is -0.384. The fraction of sp³-hybridized carbons (Fsp3) is 0.296. The lowest BCUT2D eigenvalue weighted by Crippen LogP contribution is -2.52. The second-order valence-corrected chi connectivity index (χ2v) is 9.51. The lowest BCUT2D eigenvalue weighted by Gasteiger charge is -2.36. The molecule has 39 heavy (non-hydrogen) atoms. The first kappa shape index (κ1) is 27.2. The average Bonchev–Trinajstić information content (AvgIpc) is 2.92. The number of hydrogen-bond acceptors (Lipinski definition) is 8. The third-order valence-electron chi connectivity index (χ3n) is 6.26. The zero-order chi connectivity index (χ0) is 27.9. The molecule has 5 N–H and O–H groups in total. The normalized spacial score (nSPS) is 13.2. The second-order valence-electron chi connectivity index (χ2n) is 9.51. The zero-order valence-electron chi connectivity index (χ0n) is 21.9. The van der Waals surface area contributed by atoms with Gasteiger partial charge in [-0.2, -0.15) is 0 Å². The number of rotatable bonds is 9. The second kappa shape index (κ2) is 12.1. The number of piperazine rings is 1. The van der Waals surface area contributed by atoms with Crippen LogP contribution in [0.15, 0.2) is 60.8 Å². The maximum absolute atomic E-state index is 12.2. The van der Waals surface area contributed by atoms with E-state index in [0.29, 0.717) is 30.2 Å². The molecule has 2 aromatic carbocycles. The van der Waals surface area contributed by atoms with Crippen molar-refractivity contribution in [2.24, 2.45) is 5.73 Å². The van der Waals surface area contributed by atoms with Gasteiger partial charge in [0.15, 0.2) is 0 Å². The fourth-order valence-electron chi connectivity index (χ4n) is 4.25. The number of non-ortho nitro benzene ring substituents is 1. The summed E-state index contributed by atoms with van der Waals surface area (Å²) in [6, 6.07) is 15.9. The zero-order valence-corrected chi connectivity index (χ0v) is 21.9. The van der Waals surface area contributed by atoms with Crippen LogP contribution in [0.2, 0.25) is 0 Å². The molecule has 0 radical (unpaired) electrons. The van der Waals surface area contributed by atoms with E-state index in [1.807, 2.05) is 43.0 Å². The number of nitrogens with zero attached hydrogens (tertiary/aromatic N) is 4. The first-order valence-corrected chi connectivity index (χ1v) is 12.6. The number of benzene rings is 2. The number of aromatic nitrogens is 1. The van der Waals surface area contributed by atoms with Gasteiger partial charge < -0.3 is 31.5 Å². The number of nitrogens with two attached hydrogens (primary N) is 1. The Balaban J connectivity index is 1.39. The van der Waals surface area contributed by atoms with Crippen molar-refractivity contribution in [3.05, 3.63) is 82.0 Å². The number of hydrogen-bond donors (Lipinski definition) is 4. The van der Waals surface area contributed by atoms with E-state index in [1.165, 1.54) is 18.3 Å². The number of carbonyl (C=O) groups excluding carboxylic acids is 2. The van der Waals surface area contributed by atoms with E-state index in [2.05, 4.69) is 25.8 Å². The molecule has 3 amide bonds. The smallest absolute Gasteiger partial charge is 0.317 e. The van der Waals surface area contributed by atoms with E-state index in [0.717, 1.165) is 24.5 Å². The van der Waals surface area contributed by atoms with Gasteiger partial charge in [0.05, 0.1) is 16.2 Å². The van der Waals surface area contributed by atoms with Gasteiger partial charge in [-0.25, -0.2) is 9.78 Å². The molecule has 1 aromatic heterocycles. The summed E-state index contributed by atoms with van der Waals surface area (Å²) in [5.74, 6) is -0.138. The molecule has 1 fully saturated rings. The molecular weight excluding hydrogens is 500 g/mol. The van der Waals surface area contributed by atoms with Crippen LogP contribution in [0.3, 0.4) is 0 Å². The topological polar surface area (TPSA) is 159 Å². The Bertz CT molecular complexity index is 1340. The Kier molecular flexibility index (Phi) is 8.44. The first-order valence-electron chi connectivity index (χ1n) is 12.6. The summed E-state index contributed by atoms with van der Waals surface area (Å²) in [4.78, 5) is 43.2. The summed E-state index contributed by atoms with van der Waals surface area (Å²) in [6.07, 6.45) is 1.39. The van der Waals surface area contributed by atoms with Gasteiger partial charge in [0.25, 0.3) is 11.6 Å². The van der Waals surface area contributed by atoms with Crippen LogP contribution in [-0.4, -0.2) is 59.0 Å². The molecule has 1 aliphatic rings. The number of primary amides is 1. The van der Waals surface area contributed by atoms with Gasteiger partial charge in [0.1, 0.15) is 5.82 Å². The monoisotopic (exact) mass is 532 g/mol. The van der Waals surface area contributed by atoms with E-state index < -0.39 is 10.8 Å². The molecule has 0 spiro atoms. The van der Waals surface area contributed by atoms with Crippen molar-refractivity contribution in [3.63, 3.8) is 0 Å². The van der Waals surface area contributed by atoms with Crippen LogP contribution >= 0.6 is 0 Å². The van der Waals surface area contributed by atoms with Crippen LogP contribution < -0.4 is 26.6 Å². The van der Waals surface area contributed by atoms with Crippen molar-refractivity contribution >= 4 is 40.5 Å². The Labute approximate surface area is 226 Å². The average molecular weight is 533 g/mol. The third kappa shape index (κ3) is 7.12. The molecule has 2 heterocycles. The van der Waals surface area contributed by atoms with E-state index in [9.17, 15) is 19.7 Å².